The van der Waals surface area contributed by atoms with Gasteiger partial charge in [-0.15, -0.1) is 0 Å². The molecule has 3 N–H and O–H groups in total. The van der Waals surface area contributed by atoms with Gasteiger partial charge in [0.05, 0.1) is 6.61 Å². The van der Waals surface area contributed by atoms with Gasteiger partial charge in [0.1, 0.15) is 5.84 Å². The number of amidine groups is 1. The van der Waals surface area contributed by atoms with Gasteiger partial charge in [0.25, 0.3) is 0 Å². The predicted octanol–water partition coefficient (Wildman–Crippen LogP) is 2.92. The van der Waals surface area contributed by atoms with Crippen LogP contribution in [0.2, 0.25) is 0 Å². The lowest BCUT2D eigenvalue weighted by Gasteiger charge is -2.09. The second kappa shape index (κ2) is 7.07. The molecule has 0 aliphatic carbocycles. The Morgan fingerprint density at radius 2 is 2.06 bits per heavy atom. The van der Waals surface area contributed by atoms with Crippen LogP contribution in [0.1, 0.15) is 37.8 Å². The van der Waals surface area contributed by atoms with Crippen molar-refractivity contribution >= 4 is 5.84 Å². The Bertz CT molecular complexity index is 361. The zero-order chi connectivity index (χ0) is 12.7. The minimum Gasteiger partial charge on any atom is -0.384 e. The molecule has 0 amide bonds. The second-order valence-corrected chi connectivity index (χ2v) is 4.66. The van der Waals surface area contributed by atoms with Crippen molar-refractivity contribution in [3.8, 4) is 0 Å². The van der Waals surface area contributed by atoms with Gasteiger partial charge in [-0.05, 0) is 24.3 Å². The maximum atomic E-state index is 7.47. The van der Waals surface area contributed by atoms with Gasteiger partial charge in [0.2, 0.25) is 0 Å². The van der Waals surface area contributed by atoms with Crippen molar-refractivity contribution in [3.05, 3.63) is 35.4 Å². The molecule has 0 atom stereocenters. The summed E-state index contributed by atoms with van der Waals surface area (Å²) in [5, 5.41) is 7.47. The van der Waals surface area contributed by atoms with Crippen LogP contribution in [0.3, 0.4) is 0 Å². The molecule has 3 heteroatoms. The summed E-state index contributed by atoms with van der Waals surface area (Å²) < 4.78 is 5.61. The topological polar surface area (TPSA) is 59.1 Å². The summed E-state index contributed by atoms with van der Waals surface area (Å²) >= 11 is 0. The van der Waals surface area contributed by atoms with Gasteiger partial charge in [-0.2, -0.15) is 0 Å². The van der Waals surface area contributed by atoms with E-state index >= 15 is 0 Å². The molecule has 0 heterocycles. The normalized spacial score (nSPS) is 10.8. The molecule has 0 aromatic heterocycles. The summed E-state index contributed by atoms with van der Waals surface area (Å²) in [6, 6.07) is 7.65. The quantitative estimate of drug-likeness (QED) is 0.433. The summed E-state index contributed by atoms with van der Waals surface area (Å²) in [5.41, 5.74) is 7.28. The van der Waals surface area contributed by atoms with Gasteiger partial charge in [0.15, 0.2) is 0 Å². The van der Waals surface area contributed by atoms with Crippen molar-refractivity contribution in [2.24, 2.45) is 11.7 Å². The lowest BCUT2D eigenvalue weighted by Crippen LogP contribution is -2.14. The van der Waals surface area contributed by atoms with E-state index in [1.54, 1.807) is 0 Å². The maximum absolute atomic E-state index is 7.47. The molecule has 0 saturated carbocycles. The highest BCUT2D eigenvalue weighted by atomic mass is 16.5. The van der Waals surface area contributed by atoms with Crippen molar-refractivity contribution in [1.29, 1.82) is 5.41 Å². The molecule has 1 rings (SSSR count). The zero-order valence-electron chi connectivity index (χ0n) is 10.7. The van der Waals surface area contributed by atoms with E-state index in [2.05, 4.69) is 13.8 Å². The Morgan fingerprint density at radius 1 is 1.35 bits per heavy atom. The Hall–Kier alpha value is -1.35. The van der Waals surface area contributed by atoms with Crippen LogP contribution in [-0.2, 0) is 11.3 Å². The molecule has 0 unspecified atom stereocenters. The van der Waals surface area contributed by atoms with Gasteiger partial charge in [-0.1, -0.05) is 38.1 Å². The Balaban J connectivity index is 2.39. The SMILES string of the molecule is CC(C)CCCOCc1ccccc1C(=N)N. The van der Waals surface area contributed by atoms with Gasteiger partial charge < -0.3 is 10.5 Å². The van der Waals surface area contributed by atoms with E-state index in [-0.39, 0.29) is 5.84 Å². The first-order valence-electron chi connectivity index (χ1n) is 6.11. The number of nitrogens with two attached hydrogens (primary N) is 1. The van der Waals surface area contributed by atoms with Crippen LogP contribution in [0.25, 0.3) is 0 Å². The monoisotopic (exact) mass is 234 g/mol. The van der Waals surface area contributed by atoms with Gasteiger partial charge in [0, 0.05) is 12.2 Å². The van der Waals surface area contributed by atoms with E-state index in [0.717, 1.165) is 30.1 Å². The Kier molecular flexibility index (Phi) is 5.70. The van der Waals surface area contributed by atoms with E-state index in [1.165, 1.54) is 6.42 Å². The van der Waals surface area contributed by atoms with E-state index < -0.39 is 0 Å². The van der Waals surface area contributed by atoms with Crippen LogP contribution in [0.15, 0.2) is 24.3 Å². The standard InChI is InChI=1S/C14H22N2O/c1-11(2)6-5-9-17-10-12-7-3-4-8-13(12)14(15)16/h3-4,7-8,11H,5-6,9-10H2,1-2H3,(H3,15,16). The fraction of sp³-hybridized carbons (Fsp3) is 0.500. The number of hydrogen-bond donors (Lipinski definition) is 2. The number of hydrogen-bond acceptors (Lipinski definition) is 2. The fourth-order valence-corrected chi connectivity index (χ4v) is 1.68. The van der Waals surface area contributed by atoms with Crippen molar-refractivity contribution in [1.82, 2.24) is 0 Å². The van der Waals surface area contributed by atoms with Gasteiger partial charge >= 0.3 is 0 Å². The minimum atomic E-state index is 0.103. The number of rotatable bonds is 7. The predicted molar refractivity (Wildman–Crippen MR) is 71.2 cm³/mol. The molecule has 0 radical (unpaired) electrons. The largest absolute Gasteiger partial charge is 0.384 e. The number of nitrogen functional groups attached to an aromatic ring is 1. The molecule has 1 aromatic carbocycles. The molecule has 3 nitrogen and oxygen atoms in total. The molecule has 0 bridgehead atoms. The Morgan fingerprint density at radius 3 is 2.71 bits per heavy atom. The molecule has 0 aliphatic heterocycles. The average Bonchev–Trinajstić information content (AvgIpc) is 2.28. The van der Waals surface area contributed by atoms with E-state index in [9.17, 15) is 0 Å². The van der Waals surface area contributed by atoms with Gasteiger partial charge in [-0.3, -0.25) is 5.41 Å². The van der Waals surface area contributed by atoms with Crippen molar-refractivity contribution in [2.75, 3.05) is 6.61 Å². The molecule has 94 valence electrons. The van der Waals surface area contributed by atoms with Crippen LogP contribution in [0.5, 0.6) is 0 Å². The van der Waals surface area contributed by atoms with Crippen molar-refractivity contribution in [3.63, 3.8) is 0 Å². The van der Waals surface area contributed by atoms with Crippen LogP contribution in [0, 0.1) is 11.3 Å². The third-order valence-electron chi connectivity index (χ3n) is 2.64. The summed E-state index contributed by atoms with van der Waals surface area (Å²) in [4.78, 5) is 0. The first-order valence-corrected chi connectivity index (χ1v) is 6.11. The molecule has 17 heavy (non-hydrogen) atoms. The molecule has 0 saturated heterocycles. The summed E-state index contributed by atoms with van der Waals surface area (Å²) in [7, 11) is 0. The van der Waals surface area contributed by atoms with Gasteiger partial charge in [-0.25, -0.2) is 0 Å². The lowest BCUT2D eigenvalue weighted by molar-refractivity contribution is 0.115. The third-order valence-corrected chi connectivity index (χ3v) is 2.64. The first-order chi connectivity index (χ1) is 8.11. The fourth-order valence-electron chi connectivity index (χ4n) is 1.68. The molecule has 0 aliphatic rings. The first kappa shape index (κ1) is 13.7. The highest BCUT2D eigenvalue weighted by Gasteiger charge is 2.04. The summed E-state index contributed by atoms with van der Waals surface area (Å²) in [6.45, 7) is 5.73. The lowest BCUT2D eigenvalue weighted by atomic mass is 10.1. The number of benzene rings is 1. The summed E-state index contributed by atoms with van der Waals surface area (Å²) in [6.07, 6.45) is 2.27. The van der Waals surface area contributed by atoms with Crippen LogP contribution in [0.4, 0.5) is 0 Å². The number of nitrogens with one attached hydrogen (secondary N) is 1. The summed E-state index contributed by atoms with van der Waals surface area (Å²) in [5.74, 6) is 0.828. The molecular formula is C14H22N2O. The molecule has 1 aromatic rings. The third kappa shape index (κ3) is 5.00. The minimum absolute atomic E-state index is 0.103. The van der Waals surface area contributed by atoms with E-state index in [1.807, 2.05) is 24.3 Å². The van der Waals surface area contributed by atoms with E-state index in [0.29, 0.717) is 6.61 Å². The molecule has 0 fully saturated rings. The zero-order valence-corrected chi connectivity index (χ0v) is 10.7. The molecular weight excluding hydrogens is 212 g/mol. The highest BCUT2D eigenvalue weighted by molar-refractivity contribution is 5.96. The van der Waals surface area contributed by atoms with Crippen LogP contribution < -0.4 is 5.73 Å². The average molecular weight is 234 g/mol. The van der Waals surface area contributed by atoms with Crippen LogP contribution >= 0.6 is 0 Å². The highest BCUT2D eigenvalue weighted by Crippen LogP contribution is 2.10. The number of ether oxygens (including phenoxy) is 1. The second-order valence-electron chi connectivity index (χ2n) is 4.66. The molecule has 0 spiro atoms. The van der Waals surface area contributed by atoms with Crippen molar-refractivity contribution in [2.45, 2.75) is 33.3 Å². The Labute approximate surface area is 103 Å². The maximum Gasteiger partial charge on any atom is 0.123 e. The van der Waals surface area contributed by atoms with E-state index in [4.69, 9.17) is 15.9 Å². The van der Waals surface area contributed by atoms with Crippen molar-refractivity contribution < 1.29 is 4.74 Å². The smallest absolute Gasteiger partial charge is 0.123 e. The van der Waals surface area contributed by atoms with Crippen LogP contribution in [-0.4, -0.2) is 12.4 Å².